The predicted octanol–water partition coefficient (Wildman–Crippen LogP) is 2.44. The number of hydrogen-bond acceptors (Lipinski definition) is 2. The lowest BCUT2D eigenvalue weighted by atomic mass is 9.86. The Hall–Kier alpha value is -1.77. The molecule has 0 saturated heterocycles. The minimum Gasteiger partial charge on any atom is -0.508 e. The number of aryl methyl sites for hydroxylation is 1. The zero-order valence-electron chi connectivity index (χ0n) is 9.10. The van der Waals surface area contributed by atoms with Gasteiger partial charge in [-0.2, -0.15) is 0 Å². The molecule has 1 aromatic rings. The van der Waals surface area contributed by atoms with Gasteiger partial charge in [-0.25, -0.2) is 0 Å². The van der Waals surface area contributed by atoms with Crippen molar-refractivity contribution >= 4 is 12.0 Å². The maximum atomic E-state index is 10.9. The first kappa shape index (κ1) is 10.7. The maximum absolute atomic E-state index is 10.9. The lowest BCUT2D eigenvalue weighted by Gasteiger charge is -2.19. The Kier molecular flexibility index (Phi) is 2.69. The van der Waals surface area contributed by atoms with Gasteiger partial charge in [-0.3, -0.25) is 4.79 Å². The fraction of sp³-hybridized carbons (Fsp3) is 0.308. The molecule has 2 N–H and O–H groups in total. The van der Waals surface area contributed by atoms with Crippen LogP contribution in [0.3, 0.4) is 0 Å². The number of rotatable bonds is 2. The van der Waals surface area contributed by atoms with Gasteiger partial charge in [0.05, 0.1) is 5.92 Å². The van der Waals surface area contributed by atoms with Crippen molar-refractivity contribution in [2.75, 3.05) is 0 Å². The van der Waals surface area contributed by atoms with Crippen LogP contribution in [0.2, 0.25) is 0 Å². The highest BCUT2D eigenvalue weighted by Gasteiger charge is 2.20. The van der Waals surface area contributed by atoms with Gasteiger partial charge >= 0.3 is 5.97 Å². The quantitative estimate of drug-likeness (QED) is 0.801. The van der Waals surface area contributed by atoms with E-state index >= 15 is 0 Å². The van der Waals surface area contributed by atoms with E-state index in [0.29, 0.717) is 0 Å². The molecule has 3 nitrogen and oxygen atoms in total. The van der Waals surface area contributed by atoms with Gasteiger partial charge in [-0.1, -0.05) is 17.7 Å². The van der Waals surface area contributed by atoms with Gasteiger partial charge in [0, 0.05) is 0 Å². The molecular formula is C13H14O3. The van der Waals surface area contributed by atoms with Gasteiger partial charge < -0.3 is 10.2 Å². The van der Waals surface area contributed by atoms with Crippen LogP contribution in [0.1, 0.15) is 24.5 Å². The number of fused-ring (bicyclic) bond motifs is 1. The average Bonchev–Trinajstić information content (AvgIpc) is 2.26. The maximum Gasteiger partial charge on any atom is 0.310 e. The van der Waals surface area contributed by atoms with Crippen molar-refractivity contribution in [2.45, 2.75) is 19.8 Å². The number of aromatic hydroxyl groups is 1. The first-order valence-electron chi connectivity index (χ1n) is 5.33. The number of aliphatic carboxylic acids is 1. The highest BCUT2D eigenvalue weighted by Crippen LogP contribution is 2.30. The van der Waals surface area contributed by atoms with Crippen LogP contribution in [-0.4, -0.2) is 16.2 Å². The number of benzene rings is 1. The summed E-state index contributed by atoms with van der Waals surface area (Å²) in [7, 11) is 0. The smallest absolute Gasteiger partial charge is 0.310 e. The Balaban J connectivity index is 2.37. The summed E-state index contributed by atoms with van der Waals surface area (Å²) < 4.78 is 0. The van der Waals surface area contributed by atoms with E-state index in [4.69, 9.17) is 5.11 Å². The SMILES string of the molecule is CC(C(=O)O)C1=Cc2cc(O)ccc2CC1. The number of carbonyl (C=O) groups is 1. The molecule has 0 radical (unpaired) electrons. The monoisotopic (exact) mass is 218 g/mol. The van der Waals surface area contributed by atoms with E-state index in [-0.39, 0.29) is 5.75 Å². The van der Waals surface area contributed by atoms with E-state index in [2.05, 4.69) is 0 Å². The van der Waals surface area contributed by atoms with Crippen LogP contribution in [0.4, 0.5) is 0 Å². The molecule has 0 saturated carbocycles. The van der Waals surface area contributed by atoms with Gasteiger partial charge in [0.25, 0.3) is 0 Å². The molecule has 3 heteroatoms. The van der Waals surface area contributed by atoms with Crippen molar-refractivity contribution in [3.8, 4) is 5.75 Å². The summed E-state index contributed by atoms with van der Waals surface area (Å²) in [6, 6.07) is 5.24. The third kappa shape index (κ3) is 1.94. The van der Waals surface area contributed by atoms with Gasteiger partial charge in [0.2, 0.25) is 0 Å². The van der Waals surface area contributed by atoms with E-state index in [1.54, 1.807) is 19.1 Å². The summed E-state index contributed by atoms with van der Waals surface area (Å²) in [5.74, 6) is -1.02. The molecule has 0 amide bonds. The van der Waals surface area contributed by atoms with E-state index in [1.807, 2.05) is 12.1 Å². The standard InChI is InChI=1S/C13H14O3/c1-8(13(15)16)10-3-2-9-4-5-12(14)7-11(9)6-10/h4-8,14H,2-3H2,1H3,(H,15,16). The van der Waals surface area contributed by atoms with E-state index in [9.17, 15) is 9.90 Å². The molecule has 1 aromatic carbocycles. The van der Waals surface area contributed by atoms with Crippen LogP contribution < -0.4 is 0 Å². The molecule has 0 aromatic heterocycles. The zero-order valence-corrected chi connectivity index (χ0v) is 9.10. The molecule has 0 aliphatic heterocycles. The Morgan fingerprint density at radius 1 is 1.38 bits per heavy atom. The minimum absolute atomic E-state index is 0.222. The molecule has 0 heterocycles. The second-order valence-electron chi connectivity index (χ2n) is 4.16. The van der Waals surface area contributed by atoms with Crippen LogP contribution in [0.5, 0.6) is 5.75 Å². The van der Waals surface area contributed by atoms with Crippen molar-refractivity contribution in [1.82, 2.24) is 0 Å². The molecular weight excluding hydrogens is 204 g/mol. The van der Waals surface area contributed by atoms with Crippen molar-refractivity contribution in [3.05, 3.63) is 34.9 Å². The topological polar surface area (TPSA) is 57.5 Å². The van der Waals surface area contributed by atoms with Crippen LogP contribution in [0, 0.1) is 5.92 Å². The predicted molar refractivity (Wildman–Crippen MR) is 61.2 cm³/mol. The van der Waals surface area contributed by atoms with Gasteiger partial charge in [0.1, 0.15) is 5.75 Å². The largest absolute Gasteiger partial charge is 0.508 e. The summed E-state index contributed by atoms with van der Waals surface area (Å²) in [5.41, 5.74) is 3.03. The van der Waals surface area contributed by atoms with Crippen LogP contribution in [0.15, 0.2) is 23.8 Å². The Morgan fingerprint density at radius 2 is 2.12 bits per heavy atom. The van der Waals surface area contributed by atoms with Gasteiger partial charge in [0.15, 0.2) is 0 Å². The van der Waals surface area contributed by atoms with E-state index in [0.717, 1.165) is 24.0 Å². The second-order valence-corrected chi connectivity index (χ2v) is 4.16. The Labute approximate surface area is 94.0 Å². The van der Waals surface area contributed by atoms with Gasteiger partial charge in [-0.05, 0) is 43.0 Å². The lowest BCUT2D eigenvalue weighted by Crippen LogP contribution is -2.14. The molecule has 2 rings (SSSR count). The number of phenolic OH excluding ortho intramolecular Hbond substituents is 1. The Morgan fingerprint density at radius 3 is 2.81 bits per heavy atom. The number of carboxylic acid groups (broad SMARTS) is 1. The summed E-state index contributed by atoms with van der Waals surface area (Å²) in [6.07, 6.45) is 3.52. The highest BCUT2D eigenvalue weighted by molar-refractivity contribution is 5.76. The first-order chi connectivity index (χ1) is 7.58. The summed E-state index contributed by atoms with van der Waals surface area (Å²) >= 11 is 0. The minimum atomic E-state index is -0.796. The highest BCUT2D eigenvalue weighted by atomic mass is 16.4. The Bertz CT molecular complexity index is 460. The summed E-state index contributed by atoms with van der Waals surface area (Å²) in [5, 5.41) is 18.3. The number of hydrogen-bond donors (Lipinski definition) is 2. The van der Waals surface area contributed by atoms with Crippen LogP contribution in [0.25, 0.3) is 6.08 Å². The van der Waals surface area contributed by atoms with Gasteiger partial charge in [-0.15, -0.1) is 0 Å². The lowest BCUT2D eigenvalue weighted by molar-refractivity contribution is -0.139. The zero-order chi connectivity index (χ0) is 11.7. The van der Waals surface area contributed by atoms with Crippen molar-refractivity contribution in [3.63, 3.8) is 0 Å². The van der Waals surface area contributed by atoms with E-state index in [1.165, 1.54) is 5.56 Å². The fourth-order valence-corrected chi connectivity index (χ4v) is 2.00. The fourth-order valence-electron chi connectivity index (χ4n) is 2.00. The molecule has 1 aliphatic rings. The molecule has 1 unspecified atom stereocenters. The molecule has 1 atom stereocenters. The molecule has 0 bridgehead atoms. The molecule has 1 aliphatic carbocycles. The number of phenols is 1. The normalized spacial score (nSPS) is 16.2. The number of carboxylic acids is 1. The molecule has 84 valence electrons. The van der Waals surface area contributed by atoms with E-state index < -0.39 is 11.9 Å². The van der Waals surface area contributed by atoms with Crippen molar-refractivity contribution < 1.29 is 15.0 Å². The molecule has 0 fully saturated rings. The second kappa shape index (κ2) is 4.00. The summed E-state index contributed by atoms with van der Waals surface area (Å²) in [4.78, 5) is 10.9. The average molecular weight is 218 g/mol. The van der Waals surface area contributed by atoms with Crippen LogP contribution in [-0.2, 0) is 11.2 Å². The summed E-state index contributed by atoms with van der Waals surface area (Å²) in [6.45, 7) is 1.70. The first-order valence-corrected chi connectivity index (χ1v) is 5.33. The molecule has 16 heavy (non-hydrogen) atoms. The van der Waals surface area contributed by atoms with Crippen molar-refractivity contribution in [2.24, 2.45) is 5.92 Å². The molecule has 0 spiro atoms. The third-order valence-corrected chi connectivity index (χ3v) is 3.08. The van der Waals surface area contributed by atoms with Crippen molar-refractivity contribution in [1.29, 1.82) is 0 Å². The van der Waals surface area contributed by atoms with Crippen LogP contribution >= 0.6 is 0 Å². The third-order valence-electron chi connectivity index (χ3n) is 3.08.